The average molecular weight is 283 g/mol. The van der Waals surface area contributed by atoms with E-state index in [1.54, 1.807) is 23.1 Å². The Kier molecular flexibility index (Phi) is 4.07. The molecule has 0 unspecified atom stereocenters. The quantitative estimate of drug-likeness (QED) is 0.877. The molecule has 1 atom stereocenters. The van der Waals surface area contributed by atoms with Gasteiger partial charge in [-0.15, -0.1) is 0 Å². The summed E-state index contributed by atoms with van der Waals surface area (Å²) in [6.07, 6.45) is -1.08. The lowest BCUT2D eigenvalue weighted by Crippen LogP contribution is -2.54. The fourth-order valence-corrected chi connectivity index (χ4v) is 2.29. The summed E-state index contributed by atoms with van der Waals surface area (Å²) in [4.78, 5) is 26.6. The zero-order valence-corrected chi connectivity index (χ0v) is 11.3. The summed E-state index contributed by atoms with van der Waals surface area (Å²) < 4.78 is 0. The molecule has 2 amide bonds. The predicted octanol–water partition coefficient (Wildman–Crippen LogP) is 0.896. The summed E-state index contributed by atoms with van der Waals surface area (Å²) in [7, 11) is 0. The van der Waals surface area contributed by atoms with Gasteiger partial charge in [0.25, 0.3) is 5.91 Å². The minimum atomic E-state index is -1.08. The van der Waals surface area contributed by atoms with E-state index in [0.29, 0.717) is 23.8 Å². The number of carbonyl (C=O) groups is 2. The number of anilines is 1. The number of benzene rings is 1. The number of aliphatic hydroxyl groups is 1. The number of para-hydroxylation sites is 1. The Balaban J connectivity index is 2.12. The van der Waals surface area contributed by atoms with Gasteiger partial charge in [0.05, 0.1) is 10.7 Å². The van der Waals surface area contributed by atoms with Crippen LogP contribution in [-0.4, -0.2) is 47.6 Å². The van der Waals surface area contributed by atoms with Crippen LogP contribution in [0.1, 0.15) is 6.92 Å². The van der Waals surface area contributed by atoms with E-state index in [-0.39, 0.29) is 12.5 Å². The fourth-order valence-electron chi connectivity index (χ4n) is 2.05. The van der Waals surface area contributed by atoms with E-state index in [4.69, 9.17) is 11.6 Å². The first-order valence-corrected chi connectivity index (χ1v) is 6.40. The molecule has 0 saturated carbocycles. The molecule has 2 rings (SSSR count). The number of halogens is 1. The second-order valence-electron chi connectivity index (χ2n) is 4.43. The lowest BCUT2D eigenvalue weighted by Gasteiger charge is -2.35. The summed E-state index contributed by atoms with van der Waals surface area (Å²) in [5.74, 6) is -0.625. The molecule has 6 heteroatoms. The largest absolute Gasteiger partial charge is 0.384 e. The summed E-state index contributed by atoms with van der Waals surface area (Å²) in [6, 6.07) is 7.09. The van der Waals surface area contributed by atoms with Gasteiger partial charge < -0.3 is 14.9 Å². The van der Waals surface area contributed by atoms with Crippen molar-refractivity contribution in [1.82, 2.24) is 4.90 Å². The van der Waals surface area contributed by atoms with Gasteiger partial charge in [0.2, 0.25) is 5.91 Å². The molecular formula is C13H15ClN2O3. The SMILES string of the molecule is C[C@H](O)C(=O)N1CCN(c2ccccc2Cl)C(=O)C1. The third-order valence-electron chi connectivity index (χ3n) is 3.03. The molecule has 1 fully saturated rings. The van der Waals surface area contributed by atoms with Gasteiger partial charge in [-0.25, -0.2) is 0 Å². The normalized spacial score (nSPS) is 17.5. The Labute approximate surface area is 116 Å². The summed E-state index contributed by atoms with van der Waals surface area (Å²) in [5, 5.41) is 9.75. The average Bonchev–Trinajstić information content (AvgIpc) is 2.38. The van der Waals surface area contributed by atoms with Gasteiger partial charge in [-0.1, -0.05) is 23.7 Å². The van der Waals surface area contributed by atoms with Crippen molar-refractivity contribution in [2.45, 2.75) is 13.0 Å². The molecule has 5 nitrogen and oxygen atoms in total. The number of hydrogen-bond acceptors (Lipinski definition) is 3. The molecular weight excluding hydrogens is 268 g/mol. The highest BCUT2D eigenvalue weighted by atomic mass is 35.5. The Morgan fingerprint density at radius 2 is 2.05 bits per heavy atom. The Hall–Kier alpha value is -1.59. The maximum Gasteiger partial charge on any atom is 0.251 e. The molecule has 1 heterocycles. The predicted molar refractivity (Wildman–Crippen MR) is 72.1 cm³/mol. The molecule has 0 bridgehead atoms. The van der Waals surface area contributed by atoms with Crippen molar-refractivity contribution >= 4 is 29.1 Å². The van der Waals surface area contributed by atoms with Crippen LogP contribution in [0.25, 0.3) is 0 Å². The van der Waals surface area contributed by atoms with E-state index in [1.807, 2.05) is 6.07 Å². The third-order valence-corrected chi connectivity index (χ3v) is 3.35. The van der Waals surface area contributed by atoms with Crippen molar-refractivity contribution in [3.05, 3.63) is 29.3 Å². The lowest BCUT2D eigenvalue weighted by molar-refractivity contribution is -0.143. The van der Waals surface area contributed by atoms with Crippen LogP contribution in [0.3, 0.4) is 0 Å². The van der Waals surface area contributed by atoms with Gasteiger partial charge >= 0.3 is 0 Å². The molecule has 1 aliphatic heterocycles. The smallest absolute Gasteiger partial charge is 0.251 e. The number of piperazine rings is 1. The van der Waals surface area contributed by atoms with Crippen LogP contribution < -0.4 is 4.90 Å². The number of nitrogens with zero attached hydrogens (tertiary/aromatic N) is 2. The van der Waals surface area contributed by atoms with Crippen molar-refractivity contribution in [2.75, 3.05) is 24.5 Å². The zero-order valence-electron chi connectivity index (χ0n) is 10.5. The van der Waals surface area contributed by atoms with Crippen LogP contribution in [0.2, 0.25) is 5.02 Å². The van der Waals surface area contributed by atoms with Crippen molar-refractivity contribution in [3.63, 3.8) is 0 Å². The summed E-state index contributed by atoms with van der Waals surface area (Å²) in [5.41, 5.74) is 0.651. The molecule has 0 spiro atoms. The molecule has 0 radical (unpaired) electrons. The first-order valence-electron chi connectivity index (χ1n) is 6.02. The van der Waals surface area contributed by atoms with Crippen LogP contribution in [0.5, 0.6) is 0 Å². The standard InChI is InChI=1S/C13H15ClN2O3/c1-9(17)13(19)15-6-7-16(12(18)8-15)11-5-3-2-4-10(11)14/h2-5,9,17H,6-8H2,1H3/t9-/m0/s1. The molecule has 0 aliphatic carbocycles. The van der Waals surface area contributed by atoms with E-state index < -0.39 is 12.0 Å². The monoisotopic (exact) mass is 282 g/mol. The lowest BCUT2D eigenvalue weighted by atomic mass is 10.2. The minimum absolute atomic E-state index is 0.0328. The van der Waals surface area contributed by atoms with Crippen molar-refractivity contribution in [1.29, 1.82) is 0 Å². The van der Waals surface area contributed by atoms with E-state index in [2.05, 4.69) is 0 Å². The van der Waals surface area contributed by atoms with Crippen LogP contribution in [0, 0.1) is 0 Å². The molecule has 1 aromatic carbocycles. The van der Waals surface area contributed by atoms with E-state index >= 15 is 0 Å². The van der Waals surface area contributed by atoms with E-state index in [0.717, 1.165) is 0 Å². The third kappa shape index (κ3) is 2.88. The maximum atomic E-state index is 12.1. The minimum Gasteiger partial charge on any atom is -0.384 e. The molecule has 1 aliphatic rings. The first-order chi connectivity index (χ1) is 9.00. The molecule has 102 valence electrons. The van der Waals surface area contributed by atoms with Gasteiger partial charge in [0.1, 0.15) is 12.6 Å². The number of rotatable bonds is 2. The van der Waals surface area contributed by atoms with Crippen LogP contribution in [0.4, 0.5) is 5.69 Å². The Bertz CT molecular complexity index is 504. The Morgan fingerprint density at radius 1 is 1.37 bits per heavy atom. The molecule has 19 heavy (non-hydrogen) atoms. The highest BCUT2D eigenvalue weighted by Gasteiger charge is 2.30. The Morgan fingerprint density at radius 3 is 2.63 bits per heavy atom. The molecule has 1 aromatic rings. The van der Waals surface area contributed by atoms with Crippen molar-refractivity contribution < 1.29 is 14.7 Å². The van der Waals surface area contributed by atoms with Crippen LogP contribution in [0.15, 0.2) is 24.3 Å². The number of hydrogen-bond donors (Lipinski definition) is 1. The highest BCUT2D eigenvalue weighted by molar-refractivity contribution is 6.33. The fraction of sp³-hybridized carbons (Fsp3) is 0.385. The molecule has 1 N–H and O–H groups in total. The summed E-state index contributed by atoms with van der Waals surface area (Å²) >= 11 is 6.06. The van der Waals surface area contributed by atoms with E-state index in [9.17, 15) is 14.7 Å². The zero-order chi connectivity index (χ0) is 14.0. The second kappa shape index (κ2) is 5.59. The van der Waals surface area contributed by atoms with Crippen LogP contribution in [-0.2, 0) is 9.59 Å². The van der Waals surface area contributed by atoms with Gasteiger partial charge in [0.15, 0.2) is 0 Å². The van der Waals surface area contributed by atoms with Gasteiger partial charge in [0, 0.05) is 13.1 Å². The summed E-state index contributed by atoms with van der Waals surface area (Å²) in [6.45, 7) is 2.13. The molecule has 0 aromatic heterocycles. The second-order valence-corrected chi connectivity index (χ2v) is 4.84. The van der Waals surface area contributed by atoms with E-state index in [1.165, 1.54) is 11.8 Å². The highest BCUT2D eigenvalue weighted by Crippen LogP contribution is 2.26. The topological polar surface area (TPSA) is 60.9 Å². The van der Waals surface area contributed by atoms with Crippen LogP contribution >= 0.6 is 11.6 Å². The van der Waals surface area contributed by atoms with Gasteiger partial charge in [-0.2, -0.15) is 0 Å². The number of aliphatic hydroxyl groups excluding tert-OH is 1. The van der Waals surface area contributed by atoms with Crippen molar-refractivity contribution in [3.8, 4) is 0 Å². The van der Waals surface area contributed by atoms with Gasteiger partial charge in [-0.3, -0.25) is 9.59 Å². The van der Waals surface area contributed by atoms with Gasteiger partial charge in [-0.05, 0) is 19.1 Å². The van der Waals surface area contributed by atoms with Crippen molar-refractivity contribution in [2.24, 2.45) is 0 Å². The first kappa shape index (κ1) is 13.8. The number of carbonyl (C=O) groups excluding carboxylic acids is 2. The number of amides is 2. The maximum absolute atomic E-state index is 12.1. The molecule has 1 saturated heterocycles.